The van der Waals surface area contributed by atoms with Crippen LogP contribution in [0.1, 0.15) is 32.6 Å². The first kappa shape index (κ1) is 12.4. The van der Waals surface area contributed by atoms with Crippen LogP contribution in [-0.2, 0) is 9.59 Å². The molecule has 5 nitrogen and oxygen atoms in total. The molecule has 0 aromatic carbocycles. The summed E-state index contributed by atoms with van der Waals surface area (Å²) in [5.41, 5.74) is 5.78. The predicted molar refractivity (Wildman–Crippen MR) is 64.1 cm³/mol. The molecule has 2 heterocycles. The third-order valence-corrected chi connectivity index (χ3v) is 3.89. The fourth-order valence-corrected chi connectivity index (χ4v) is 2.72. The zero-order valence-corrected chi connectivity index (χ0v) is 10.3. The van der Waals surface area contributed by atoms with Gasteiger partial charge in [0.2, 0.25) is 11.8 Å². The van der Waals surface area contributed by atoms with E-state index in [2.05, 4.69) is 5.32 Å². The van der Waals surface area contributed by atoms with E-state index in [4.69, 9.17) is 5.73 Å². The van der Waals surface area contributed by atoms with Gasteiger partial charge in [0, 0.05) is 25.6 Å². The van der Waals surface area contributed by atoms with Gasteiger partial charge < -0.3 is 16.0 Å². The summed E-state index contributed by atoms with van der Waals surface area (Å²) in [5.74, 6) is 0.619. The zero-order chi connectivity index (χ0) is 12.4. The molecule has 3 atom stereocenters. The Morgan fingerprint density at radius 3 is 3.06 bits per heavy atom. The summed E-state index contributed by atoms with van der Waals surface area (Å²) in [7, 11) is 0. The van der Waals surface area contributed by atoms with Gasteiger partial charge in [-0.3, -0.25) is 9.59 Å². The van der Waals surface area contributed by atoms with Gasteiger partial charge in [0.05, 0.1) is 6.04 Å². The van der Waals surface area contributed by atoms with Crippen LogP contribution in [0.2, 0.25) is 0 Å². The largest absolute Gasteiger partial charge is 0.353 e. The lowest BCUT2D eigenvalue weighted by Crippen LogP contribution is -2.57. The van der Waals surface area contributed by atoms with E-state index in [1.165, 1.54) is 0 Å². The van der Waals surface area contributed by atoms with Gasteiger partial charge in [0.25, 0.3) is 0 Å². The molecule has 2 aliphatic heterocycles. The molecule has 0 bridgehead atoms. The zero-order valence-electron chi connectivity index (χ0n) is 10.3. The highest BCUT2D eigenvalue weighted by molar-refractivity contribution is 5.82. The van der Waals surface area contributed by atoms with Crippen molar-refractivity contribution in [1.29, 1.82) is 0 Å². The Morgan fingerprint density at radius 1 is 1.59 bits per heavy atom. The van der Waals surface area contributed by atoms with Crippen molar-refractivity contribution < 1.29 is 9.59 Å². The summed E-state index contributed by atoms with van der Waals surface area (Å²) in [4.78, 5) is 25.1. The lowest BCUT2D eigenvalue weighted by molar-refractivity contribution is -0.136. The van der Waals surface area contributed by atoms with E-state index in [1.807, 2.05) is 11.8 Å². The van der Waals surface area contributed by atoms with E-state index in [0.29, 0.717) is 25.3 Å². The van der Waals surface area contributed by atoms with E-state index in [9.17, 15) is 9.59 Å². The summed E-state index contributed by atoms with van der Waals surface area (Å²) >= 11 is 0. The summed E-state index contributed by atoms with van der Waals surface area (Å²) in [6.07, 6.45) is 3.02. The quantitative estimate of drug-likeness (QED) is 0.703. The van der Waals surface area contributed by atoms with Crippen LogP contribution >= 0.6 is 0 Å². The van der Waals surface area contributed by atoms with Crippen molar-refractivity contribution in [3.63, 3.8) is 0 Å². The highest BCUT2D eigenvalue weighted by Gasteiger charge is 2.35. The lowest BCUT2D eigenvalue weighted by atomic mass is 9.85. The number of piperidine rings is 2. The van der Waals surface area contributed by atoms with Crippen LogP contribution in [-0.4, -0.2) is 41.9 Å². The van der Waals surface area contributed by atoms with E-state index < -0.39 is 0 Å². The summed E-state index contributed by atoms with van der Waals surface area (Å²) < 4.78 is 0. The minimum absolute atomic E-state index is 0.0582. The average molecular weight is 239 g/mol. The second kappa shape index (κ2) is 5.04. The molecule has 2 unspecified atom stereocenters. The Labute approximate surface area is 102 Å². The molecule has 0 aromatic heterocycles. The van der Waals surface area contributed by atoms with E-state index in [1.54, 1.807) is 0 Å². The molecule has 3 N–H and O–H groups in total. The van der Waals surface area contributed by atoms with E-state index in [0.717, 1.165) is 19.4 Å². The number of carbonyl (C=O) groups excluding carboxylic acids is 2. The fraction of sp³-hybridized carbons (Fsp3) is 0.833. The maximum atomic E-state index is 12.0. The number of nitrogens with zero attached hydrogens (tertiary/aromatic N) is 1. The molecule has 0 radical (unpaired) electrons. The Morgan fingerprint density at radius 2 is 2.35 bits per heavy atom. The van der Waals surface area contributed by atoms with Crippen LogP contribution in [0.4, 0.5) is 0 Å². The molecule has 0 aliphatic carbocycles. The number of carbonyl (C=O) groups is 2. The Balaban J connectivity index is 1.94. The third-order valence-electron chi connectivity index (χ3n) is 3.89. The number of likely N-dealkylation sites (tertiary alicyclic amines) is 1. The summed E-state index contributed by atoms with van der Waals surface area (Å²) in [5, 5.41) is 3.01. The van der Waals surface area contributed by atoms with Crippen LogP contribution in [0.3, 0.4) is 0 Å². The van der Waals surface area contributed by atoms with Crippen molar-refractivity contribution in [2.75, 3.05) is 13.1 Å². The summed E-state index contributed by atoms with van der Waals surface area (Å²) in [6, 6.07) is -0.108. The number of hydrogen-bond acceptors (Lipinski definition) is 3. The maximum Gasteiger partial charge on any atom is 0.239 e. The predicted octanol–water partition coefficient (Wildman–Crippen LogP) is -0.149. The molecule has 5 heteroatoms. The normalized spacial score (nSPS) is 30.5. The molecular formula is C12H21N3O2. The standard InChI is InChI=1S/C12H21N3O2/c1-2-9(13)12(17)15-6-5-10-8(7-15)3-4-11(16)14-10/h8-10H,2-7,13H2,1H3,(H,14,16)/t8?,9-,10?/m0/s1. The van der Waals surface area contributed by atoms with Gasteiger partial charge in [-0.15, -0.1) is 0 Å². The molecule has 2 amide bonds. The van der Waals surface area contributed by atoms with Crippen LogP contribution in [0.25, 0.3) is 0 Å². The molecule has 96 valence electrons. The number of rotatable bonds is 2. The molecule has 17 heavy (non-hydrogen) atoms. The van der Waals surface area contributed by atoms with Gasteiger partial charge >= 0.3 is 0 Å². The molecular weight excluding hydrogens is 218 g/mol. The molecule has 0 saturated carbocycles. The van der Waals surface area contributed by atoms with Gasteiger partial charge in [-0.25, -0.2) is 0 Å². The second-order valence-electron chi connectivity index (χ2n) is 5.06. The maximum absolute atomic E-state index is 12.0. The van der Waals surface area contributed by atoms with Crippen molar-refractivity contribution in [3.8, 4) is 0 Å². The van der Waals surface area contributed by atoms with Gasteiger partial charge in [0.15, 0.2) is 0 Å². The highest BCUT2D eigenvalue weighted by atomic mass is 16.2. The summed E-state index contributed by atoms with van der Waals surface area (Å²) in [6.45, 7) is 3.39. The minimum atomic E-state index is -0.371. The number of amides is 2. The Bertz CT molecular complexity index is 319. The van der Waals surface area contributed by atoms with Gasteiger partial charge in [-0.05, 0) is 25.2 Å². The van der Waals surface area contributed by atoms with Crippen molar-refractivity contribution in [3.05, 3.63) is 0 Å². The van der Waals surface area contributed by atoms with Crippen molar-refractivity contribution >= 4 is 11.8 Å². The van der Waals surface area contributed by atoms with E-state index in [-0.39, 0.29) is 23.9 Å². The number of fused-ring (bicyclic) bond motifs is 1. The minimum Gasteiger partial charge on any atom is -0.353 e. The smallest absolute Gasteiger partial charge is 0.239 e. The van der Waals surface area contributed by atoms with Crippen LogP contribution in [0.15, 0.2) is 0 Å². The number of hydrogen-bond donors (Lipinski definition) is 2. The average Bonchev–Trinajstić information content (AvgIpc) is 2.36. The Hall–Kier alpha value is -1.10. The lowest BCUT2D eigenvalue weighted by Gasteiger charge is -2.42. The third kappa shape index (κ3) is 2.60. The topological polar surface area (TPSA) is 75.4 Å². The molecule has 2 fully saturated rings. The first-order chi connectivity index (χ1) is 8.11. The second-order valence-corrected chi connectivity index (χ2v) is 5.06. The van der Waals surface area contributed by atoms with Gasteiger partial charge in [0.1, 0.15) is 0 Å². The van der Waals surface area contributed by atoms with Crippen LogP contribution in [0, 0.1) is 5.92 Å². The highest BCUT2D eigenvalue weighted by Crippen LogP contribution is 2.25. The first-order valence-electron chi connectivity index (χ1n) is 6.45. The van der Waals surface area contributed by atoms with Crippen LogP contribution in [0.5, 0.6) is 0 Å². The monoisotopic (exact) mass is 239 g/mol. The molecule has 2 rings (SSSR count). The first-order valence-corrected chi connectivity index (χ1v) is 6.45. The van der Waals surface area contributed by atoms with Crippen molar-refractivity contribution in [2.24, 2.45) is 11.7 Å². The fourth-order valence-electron chi connectivity index (χ4n) is 2.72. The van der Waals surface area contributed by atoms with E-state index >= 15 is 0 Å². The SMILES string of the molecule is CC[C@H](N)C(=O)N1CCC2NC(=O)CCC2C1. The molecule has 0 aromatic rings. The molecule has 0 spiro atoms. The van der Waals surface area contributed by atoms with Crippen molar-refractivity contribution in [2.45, 2.75) is 44.7 Å². The van der Waals surface area contributed by atoms with Crippen molar-refractivity contribution in [1.82, 2.24) is 10.2 Å². The molecule has 2 aliphatic rings. The van der Waals surface area contributed by atoms with Crippen LogP contribution < -0.4 is 11.1 Å². The van der Waals surface area contributed by atoms with Gasteiger partial charge in [-0.2, -0.15) is 0 Å². The Kier molecular flexibility index (Phi) is 3.66. The number of nitrogens with two attached hydrogens (primary N) is 1. The molecule has 2 saturated heterocycles. The number of nitrogens with one attached hydrogen (secondary N) is 1. The van der Waals surface area contributed by atoms with Gasteiger partial charge in [-0.1, -0.05) is 6.92 Å².